The predicted octanol–water partition coefficient (Wildman–Crippen LogP) is 4.01. The van der Waals surface area contributed by atoms with E-state index in [1.165, 1.54) is 0 Å². The number of aryl methyl sites for hydroxylation is 1. The quantitative estimate of drug-likeness (QED) is 0.758. The summed E-state index contributed by atoms with van der Waals surface area (Å²) in [6.45, 7) is 1.86. The average Bonchev–Trinajstić information content (AvgIpc) is 2.63. The smallest absolute Gasteiger partial charge is 0.256 e. The highest BCUT2D eigenvalue weighted by atomic mass is 16.2. The number of nitrogens with two attached hydrogens (primary N) is 1. The first-order chi connectivity index (χ1) is 12.1. The minimum atomic E-state index is -0.574. The molecule has 0 spiro atoms. The van der Waals surface area contributed by atoms with E-state index in [1.54, 1.807) is 18.2 Å². The maximum absolute atomic E-state index is 12.8. The van der Waals surface area contributed by atoms with Crippen LogP contribution < -0.4 is 11.1 Å². The summed E-state index contributed by atoms with van der Waals surface area (Å²) in [7, 11) is 0. The van der Waals surface area contributed by atoms with E-state index in [-0.39, 0.29) is 5.91 Å². The standard InChI is InChI=1S/C21H18N2O2/c1-14-11-12-19(18(13-14)20(22)24)23-21(25)17-10-6-5-9-16(17)15-7-3-2-4-8-15/h2-13H,1H3,(H2,22,24)(H,23,25). The summed E-state index contributed by atoms with van der Waals surface area (Å²) in [5.41, 5.74) is 9.34. The summed E-state index contributed by atoms with van der Waals surface area (Å²) in [6.07, 6.45) is 0. The van der Waals surface area contributed by atoms with Crippen molar-refractivity contribution in [2.75, 3.05) is 5.32 Å². The van der Waals surface area contributed by atoms with Gasteiger partial charge in [-0.15, -0.1) is 0 Å². The lowest BCUT2D eigenvalue weighted by Gasteiger charge is -2.13. The normalized spacial score (nSPS) is 10.3. The number of benzene rings is 3. The monoisotopic (exact) mass is 330 g/mol. The van der Waals surface area contributed by atoms with Crippen molar-refractivity contribution in [3.8, 4) is 11.1 Å². The number of hydrogen-bond donors (Lipinski definition) is 2. The number of carbonyl (C=O) groups excluding carboxylic acids is 2. The summed E-state index contributed by atoms with van der Waals surface area (Å²) >= 11 is 0. The zero-order valence-corrected chi connectivity index (χ0v) is 13.8. The van der Waals surface area contributed by atoms with Gasteiger partial charge < -0.3 is 11.1 Å². The summed E-state index contributed by atoms with van der Waals surface area (Å²) in [5.74, 6) is -0.860. The van der Waals surface area contributed by atoms with Gasteiger partial charge >= 0.3 is 0 Å². The van der Waals surface area contributed by atoms with Crippen molar-refractivity contribution in [3.05, 3.63) is 89.5 Å². The van der Waals surface area contributed by atoms with Gasteiger partial charge in [0.25, 0.3) is 11.8 Å². The largest absolute Gasteiger partial charge is 0.366 e. The van der Waals surface area contributed by atoms with E-state index < -0.39 is 5.91 Å². The Morgan fingerprint density at radius 1 is 0.840 bits per heavy atom. The molecule has 124 valence electrons. The molecule has 0 atom stereocenters. The van der Waals surface area contributed by atoms with Crippen LogP contribution in [0.5, 0.6) is 0 Å². The zero-order valence-electron chi connectivity index (χ0n) is 13.8. The summed E-state index contributed by atoms with van der Waals surface area (Å²) in [5, 5.41) is 2.81. The fraction of sp³-hybridized carbons (Fsp3) is 0.0476. The minimum Gasteiger partial charge on any atom is -0.366 e. The van der Waals surface area contributed by atoms with E-state index >= 15 is 0 Å². The third kappa shape index (κ3) is 3.58. The molecule has 0 saturated carbocycles. The molecule has 3 N–H and O–H groups in total. The molecule has 0 heterocycles. The SMILES string of the molecule is Cc1ccc(NC(=O)c2ccccc2-c2ccccc2)c(C(N)=O)c1. The lowest BCUT2D eigenvalue weighted by Crippen LogP contribution is -2.19. The van der Waals surface area contributed by atoms with Gasteiger partial charge in [0.05, 0.1) is 11.3 Å². The molecule has 0 unspecified atom stereocenters. The number of carbonyl (C=O) groups is 2. The Bertz CT molecular complexity index is 934. The van der Waals surface area contributed by atoms with E-state index in [2.05, 4.69) is 5.32 Å². The second kappa shape index (κ2) is 7.01. The van der Waals surface area contributed by atoms with Gasteiger partial charge in [-0.3, -0.25) is 9.59 Å². The molecular formula is C21H18N2O2. The van der Waals surface area contributed by atoms with Gasteiger partial charge in [0.15, 0.2) is 0 Å². The van der Waals surface area contributed by atoms with E-state index in [9.17, 15) is 9.59 Å². The maximum Gasteiger partial charge on any atom is 0.256 e. The van der Waals surface area contributed by atoms with E-state index in [4.69, 9.17) is 5.73 Å². The van der Waals surface area contributed by atoms with Gasteiger partial charge in [0.2, 0.25) is 0 Å². The maximum atomic E-state index is 12.8. The molecule has 0 aliphatic carbocycles. The van der Waals surface area contributed by atoms with Crippen LogP contribution in [-0.4, -0.2) is 11.8 Å². The highest BCUT2D eigenvalue weighted by molar-refractivity contribution is 6.11. The molecule has 3 aromatic carbocycles. The topological polar surface area (TPSA) is 72.2 Å². The molecular weight excluding hydrogens is 312 g/mol. The fourth-order valence-electron chi connectivity index (χ4n) is 2.71. The van der Waals surface area contributed by atoms with Crippen LogP contribution in [0.25, 0.3) is 11.1 Å². The van der Waals surface area contributed by atoms with Crippen molar-refractivity contribution in [2.45, 2.75) is 6.92 Å². The van der Waals surface area contributed by atoms with Crippen molar-refractivity contribution in [1.82, 2.24) is 0 Å². The Hall–Kier alpha value is -3.40. The van der Waals surface area contributed by atoms with Gasteiger partial charge in [0.1, 0.15) is 0 Å². The number of anilines is 1. The third-order valence-electron chi connectivity index (χ3n) is 3.95. The lowest BCUT2D eigenvalue weighted by atomic mass is 9.99. The van der Waals surface area contributed by atoms with Gasteiger partial charge in [-0.05, 0) is 36.2 Å². The Morgan fingerprint density at radius 3 is 2.24 bits per heavy atom. The number of amides is 2. The Morgan fingerprint density at radius 2 is 1.52 bits per heavy atom. The summed E-state index contributed by atoms with van der Waals surface area (Å²) < 4.78 is 0. The first kappa shape index (κ1) is 16.5. The van der Waals surface area contributed by atoms with Gasteiger partial charge in [-0.1, -0.05) is 60.2 Å². The second-order valence-corrected chi connectivity index (χ2v) is 5.78. The van der Waals surface area contributed by atoms with Crippen molar-refractivity contribution in [1.29, 1.82) is 0 Å². The van der Waals surface area contributed by atoms with Gasteiger partial charge in [-0.25, -0.2) is 0 Å². The first-order valence-electron chi connectivity index (χ1n) is 7.92. The Kier molecular flexibility index (Phi) is 4.61. The Labute approximate surface area is 146 Å². The van der Waals surface area contributed by atoms with E-state index in [1.807, 2.05) is 61.5 Å². The Balaban J connectivity index is 1.97. The van der Waals surface area contributed by atoms with Crippen molar-refractivity contribution in [3.63, 3.8) is 0 Å². The molecule has 25 heavy (non-hydrogen) atoms. The minimum absolute atomic E-state index is 0.286. The molecule has 4 nitrogen and oxygen atoms in total. The zero-order chi connectivity index (χ0) is 17.8. The van der Waals surface area contributed by atoms with Crippen LogP contribution in [0.3, 0.4) is 0 Å². The molecule has 0 radical (unpaired) electrons. The first-order valence-corrected chi connectivity index (χ1v) is 7.92. The molecule has 0 fully saturated rings. The molecule has 0 aliphatic rings. The molecule has 0 bridgehead atoms. The van der Waals surface area contributed by atoms with Crippen LogP contribution in [0, 0.1) is 6.92 Å². The number of primary amides is 1. The molecule has 0 saturated heterocycles. The number of hydrogen-bond acceptors (Lipinski definition) is 2. The fourth-order valence-corrected chi connectivity index (χ4v) is 2.71. The van der Waals surface area contributed by atoms with E-state index in [0.29, 0.717) is 16.8 Å². The van der Waals surface area contributed by atoms with Crippen molar-refractivity contribution >= 4 is 17.5 Å². The molecule has 4 heteroatoms. The van der Waals surface area contributed by atoms with Crippen molar-refractivity contribution < 1.29 is 9.59 Å². The molecule has 3 rings (SSSR count). The van der Waals surface area contributed by atoms with Gasteiger partial charge in [0, 0.05) is 5.56 Å². The molecule has 3 aromatic rings. The highest BCUT2D eigenvalue weighted by Gasteiger charge is 2.15. The van der Waals surface area contributed by atoms with Crippen LogP contribution in [0.2, 0.25) is 0 Å². The highest BCUT2D eigenvalue weighted by Crippen LogP contribution is 2.25. The number of nitrogens with one attached hydrogen (secondary N) is 1. The van der Waals surface area contributed by atoms with Crippen LogP contribution in [0.15, 0.2) is 72.8 Å². The molecule has 0 aromatic heterocycles. The number of rotatable bonds is 4. The van der Waals surface area contributed by atoms with Crippen LogP contribution in [0.1, 0.15) is 26.3 Å². The summed E-state index contributed by atoms with van der Waals surface area (Å²) in [6, 6.07) is 22.2. The van der Waals surface area contributed by atoms with Crippen LogP contribution >= 0.6 is 0 Å². The molecule has 2 amide bonds. The lowest BCUT2D eigenvalue weighted by molar-refractivity contribution is 0.100. The van der Waals surface area contributed by atoms with Crippen LogP contribution in [-0.2, 0) is 0 Å². The second-order valence-electron chi connectivity index (χ2n) is 5.78. The molecule has 0 aliphatic heterocycles. The average molecular weight is 330 g/mol. The van der Waals surface area contributed by atoms with Crippen LogP contribution in [0.4, 0.5) is 5.69 Å². The predicted molar refractivity (Wildman–Crippen MR) is 99.5 cm³/mol. The van der Waals surface area contributed by atoms with Gasteiger partial charge in [-0.2, -0.15) is 0 Å². The van der Waals surface area contributed by atoms with E-state index in [0.717, 1.165) is 16.7 Å². The third-order valence-corrected chi connectivity index (χ3v) is 3.95. The summed E-state index contributed by atoms with van der Waals surface area (Å²) in [4.78, 5) is 24.5. The van der Waals surface area contributed by atoms with Crippen molar-refractivity contribution in [2.24, 2.45) is 5.73 Å².